The number of hydrogen-bond acceptors (Lipinski definition) is 1. The SMILES string of the molecule is [2H]c1c([2H])c([2H])c2c(c1[2H])c1c([2H])c(-c3ccc4c(c3)c3c(-c5ccccc5)cccc3n4-c3cccc4c3sc3ccccc34)c([2H])c([2H])c1n2-c1cccc(-c2ccccc2)c1. The number of nitrogens with zero attached hydrogens (tertiary/aromatic N) is 2. The third-order valence-electron chi connectivity index (χ3n) is 11.2. The molecule has 0 radical (unpaired) electrons. The quantitative estimate of drug-likeness (QED) is 0.166. The minimum Gasteiger partial charge on any atom is -0.309 e. The first-order valence-electron chi connectivity index (χ1n) is 22.4. The monoisotopic (exact) mass is 749 g/mol. The zero-order chi connectivity index (χ0) is 43.5. The van der Waals surface area contributed by atoms with Crippen molar-refractivity contribution in [3.05, 3.63) is 206 Å². The van der Waals surface area contributed by atoms with E-state index in [9.17, 15) is 6.85 Å². The first-order valence-corrected chi connectivity index (χ1v) is 19.8. The summed E-state index contributed by atoms with van der Waals surface area (Å²) < 4.78 is 71.7. The standard InChI is InChI=1S/C54H34N2S/c1-3-14-35(15-4-1)37-18-11-19-40(32-37)55-47-24-9-7-20-42(47)45-33-38(28-30-48(45)55)39-29-31-49-46(34-39)53-41(36-16-5-2-6-17-36)22-12-25-50(53)56(49)51-26-13-23-44-43-21-8-10-27-52(43)57-54(44)51/h1-34H/i7D,9D,20D,24D,28D,30D,33D. The first-order chi connectivity index (χ1) is 31.2. The molecular weight excluding hydrogens is 709 g/mol. The molecule has 0 saturated carbocycles. The maximum atomic E-state index is 10.00. The Labute approximate surface area is 343 Å². The van der Waals surface area contributed by atoms with Crippen LogP contribution >= 0.6 is 11.3 Å². The minimum absolute atomic E-state index is 0.0783. The van der Waals surface area contributed by atoms with Gasteiger partial charge in [-0.2, -0.15) is 0 Å². The van der Waals surface area contributed by atoms with Crippen molar-refractivity contribution >= 4 is 75.1 Å². The van der Waals surface area contributed by atoms with E-state index in [1.807, 2.05) is 91.0 Å². The van der Waals surface area contributed by atoms with Crippen molar-refractivity contribution in [1.29, 1.82) is 0 Å². The number of fused-ring (bicyclic) bond motifs is 9. The summed E-state index contributed by atoms with van der Waals surface area (Å²) in [6, 6.07) is 53.1. The van der Waals surface area contributed by atoms with E-state index in [-0.39, 0.29) is 57.6 Å². The van der Waals surface area contributed by atoms with Gasteiger partial charge in [0.25, 0.3) is 0 Å². The second kappa shape index (κ2) is 12.7. The number of rotatable bonds is 5. The fraction of sp³-hybridized carbons (Fsp3) is 0. The van der Waals surface area contributed by atoms with Gasteiger partial charge in [-0.1, -0.05) is 145 Å². The van der Waals surface area contributed by atoms with Gasteiger partial charge in [-0.15, -0.1) is 11.3 Å². The number of aromatic nitrogens is 2. The van der Waals surface area contributed by atoms with Crippen LogP contribution in [0.5, 0.6) is 0 Å². The van der Waals surface area contributed by atoms with E-state index < -0.39 is 12.1 Å². The summed E-state index contributed by atoms with van der Waals surface area (Å²) in [6.07, 6.45) is 0. The Morgan fingerprint density at radius 3 is 2.02 bits per heavy atom. The Balaban J connectivity index is 1.17. The fourth-order valence-corrected chi connectivity index (χ4v) is 9.83. The highest BCUT2D eigenvalue weighted by Crippen LogP contribution is 2.44. The average Bonchev–Trinajstić information content (AvgIpc) is 4.01. The smallest absolute Gasteiger partial charge is 0.0645 e. The predicted molar refractivity (Wildman–Crippen MR) is 244 cm³/mol. The van der Waals surface area contributed by atoms with Crippen molar-refractivity contribution in [2.24, 2.45) is 0 Å². The zero-order valence-corrected chi connectivity index (χ0v) is 31.2. The van der Waals surface area contributed by atoms with E-state index in [4.69, 9.17) is 2.74 Å². The normalized spacial score (nSPS) is 13.6. The van der Waals surface area contributed by atoms with Crippen molar-refractivity contribution < 1.29 is 9.60 Å². The lowest BCUT2D eigenvalue weighted by Crippen LogP contribution is -1.94. The molecule has 0 N–H and O–H groups in total. The van der Waals surface area contributed by atoms with Gasteiger partial charge in [-0.05, 0) is 94.0 Å². The van der Waals surface area contributed by atoms with Gasteiger partial charge in [0.2, 0.25) is 0 Å². The van der Waals surface area contributed by atoms with Gasteiger partial charge in [0, 0.05) is 42.7 Å². The summed E-state index contributed by atoms with van der Waals surface area (Å²) in [4.78, 5) is 0. The molecule has 2 nitrogen and oxygen atoms in total. The summed E-state index contributed by atoms with van der Waals surface area (Å²) in [7, 11) is 0. The van der Waals surface area contributed by atoms with Crippen LogP contribution < -0.4 is 0 Å². The van der Waals surface area contributed by atoms with Gasteiger partial charge in [0.15, 0.2) is 0 Å². The van der Waals surface area contributed by atoms with Crippen LogP contribution in [0, 0.1) is 0 Å². The number of benzene rings is 9. The summed E-state index contributed by atoms with van der Waals surface area (Å²) >= 11 is 1.77. The second-order valence-corrected chi connectivity index (χ2v) is 15.4. The van der Waals surface area contributed by atoms with Gasteiger partial charge < -0.3 is 9.13 Å². The third-order valence-corrected chi connectivity index (χ3v) is 12.4. The lowest BCUT2D eigenvalue weighted by molar-refractivity contribution is 1.18. The van der Waals surface area contributed by atoms with E-state index in [0.717, 1.165) is 54.4 Å². The van der Waals surface area contributed by atoms with Crippen LogP contribution in [0.1, 0.15) is 9.60 Å². The molecular formula is C54H34N2S. The van der Waals surface area contributed by atoms with Gasteiger partial charge >= 0.3 is 0 Å². The molecule has 0 aliphatic carbocycles. The summed E-state index contributed by atoms with van der Waals surface area (Å²) in [6.45, 7) is 0. The lowest BCUT2D eigenvalue weighted by Gasteiger charge is -2.11. The predicted octanol–water partition coefficient (Wildman–Crippen LogP) is 15.2. The summed E-state index contributed by atoms with van der Waals surface area (Å²) in [5.74, 6) is 0. The van der Waals surface area contributed by atoms with Gasteiger partial charge in [-0.3, -0.25) is 0 Å². The Hall–Kier alpha value is -7.20. The molecule has 3 aromatic heterocycles. The van der Waals surface area contributed by atoms with Crippen LogP contribution in [0.25, 0.3) is 109 Å². The third kappa shape index (κ3) is 4.96. The van der Waals surface area contributed by atoms with Crippen molar-refractivity contribution in [2.75, 3.05) is 0 Å². The molecule has 0 unspecified atom stereocenters. The number of hydrogen-bond donors (Lipinski definition) is 0. The molecule has 3 heteroatoms. The lowest BCUT2D eigenvalue weighted by atomic mass is 9.97. The molecule has 0 spiro atoms. The van der Waals surface area contributed by atoms with Crippen LogP contribution in [-0.2, 0) is 0 Å². The molecule has 0 amide bonds. The minimum atomic E-state index is -0.423. The van der Waals surface area contributed by atoms with Crippen LogP contribution in [-0.4, -0.2) is 9.13 Å². The molecule has 12 rings (SSSR count). The maximum absolute atomic E-state index is 10.00. The van der Waals surface area contributed by atoms with Crippen LogP contribution in [0.15, 0.2) is 206 Å². The number of thiophene rings is 1. The first kappa shape index (κ1) is 25.8. The van der Waals surface area contributed by atoms with Gasteiger partial charge in [-0.25, -0.2) is 0 Å². The average molecular weight is 750 g/mol. The Bertz CT molecular complexity index is 3930. The molecule has 0 saturated heterocycles. The zero-order valence-electron chi connectivity index (χ0n) is 37.4. The Kier molecular flexibility index (Phi) is 5.74. The van der Waals surface area contributed by atoms with E-state index in [0.29, 0.717) is 11.3 Å². The molecule has 266 valence electrons. The molecule has 0 bridgehead atoms. The van der Waals surface area contributed by atoms with E-state index in [2.05, 4.69) is 77.4 Å². The topological polar surface area (TPSA) is 9.86 Å². The molecule has 0 fully saturated rings. The summed E-state index contributed by atoms with van der Waals surface area (Å²) in [5.41, 5.74) is 8.59. The highest BCUT2D eigenvalue weighted by molar-refractivity contribution is 7.26. The number of para-hydroxylation sites is 1. The molecule has 57 heavy (non-hydrogen) atoms. The van der Waals surface area contributed by atoms with Gasteiger partial charge in [0.05, 0.1) is 42.0 Å². The molecule has 0 atom stereocenters. The largest absolute Gasteiger partial charge is 0.309 e. The molecule has 0 aliphatic rings. The van der Waals surface area contributed by atoms with Crippen LogP contribution in [0.3, 0.4) is 0 Å². The second-order valence-electron chi connectivity index (χ2n) is 14.3. The van der Waals surface area contributed by atoms with Crippen LogP contribution in [0.2, 0.25) is 0 Å². The van der Waals surface area contributed by atoms with Crippen LogP contribution in [0.4, 0.5) is 0 Å². The highest BCUT2D eigenvalue weighted by atomic mass is 32.1. The van der Waals surface area contributed by atoms with E-state index in [1.54, 1.807) is 15.9 Å². The van der Waals surface area contributed by atoms with Crippen molar-refractivity contribution in [1.82, 2.24) is 9.13 Å². The molecule has 9 aromatic carbocycles. The Morgan fingerprint density at radius 2 is 1.12 bits per heavy atom. The molecule has 0 aliphatic heterocycles. The molecule has 12 aromatic rings. The van der Waals surface area contributed by atoms with Crippen molar-refractivity contribution in [3.63, 3.8) is 0 Å². The highest BCUT2D eigenvalue weighted by Gasteiger charge is 2.20. The van der Waals surface area contributed by atoms with Gasteiger partial charge in [0.1, 0.15) is 0 Å². The Morgan fingerprint density at radius 1 is 0.404 bits per heavy atom. The maximum Gasteiger partial charge on any atom is 0.0645 e. The van der Waals surface area contributed by atoms with E-state index >= 15 is 0 Å². The molecule has 3 heterocycles. The fourth-order valence-electron chi connectivity index (χ4n) is 8.62. The van der Waals surface area contributed by atoms with Crippen molar-refractivity contribution in [3.8, 4) is 44.8 Å². The van der Waals surface area contributed by atoms with E-state index in [1.165, 1.54) is 15.5 Å². The summed E-state index contributed by atoms with van der Waals surface area (Å²) in [5, 5.41) is 4.66. The van der Waals surface area contributed by atoms with Crippen molar-refractivity contribution in [2.45, 2.75) is 0 Å².